The van der Waals surface area contributed by atoms with Gasteiger partial charge in [-0.15, -0.1) is 5.10 Å². The maximum absolute atomic E-state index is 12.9. The van der Waals surface area contributed by atoms with E-state index in [1.54, 1.807) is 23.9 Å². The van der Waals surface area contributed by atoms with E-state index >= 15 is 0 Å². The minimum Gasteiger partial charge on any atom is -0.489 e. The number of hydrogen-bond donors (Lipinski definition) is 0. The van der Waals surface area contributed by atoms with Crippen molar-refractivity contribution < 1.29 is 13.9 Å². The van der Waals surface area contributed by atoms with Gasteiger partial charge >= 0.3 is 0 Å². The summed E-state index contributed by atoms with van der Waals surface area (Å²) in [5, 5.41) is 12.8. The molecule has 3 aromatic rings. The molecule has 0 saturated carbocycles. The van der Waals surface area contributed by atoms with E-state index < -0.39 is 0 Å². The first-order valence-corrected chi connectivity index (χ1v) is 10.2. The van der Waals surface area contributed by atoms with Crippen LogP contribution in [0.2, 0.25) is 0 Å². The fourth-order valence-electron chi connectivity index (χ4n) is 2.97. The summed E-state index contributed by atoms with van der Waals surface area (Å²) >= 11 is 1.60. The van der Waals surface area contributed by atoms with Gasteiger partial charge in [0.15, 0.2) is 0 Å². The van der Waals surface area contributed by atoms with E-state index in [0.717, 1.165) is 47.2 Å². The molecule has 146 valence electrons. The van der Waals surface area contributed by atoms with E-state index in [1.807, 2.05) is 28.9 Å². The molecule has 2 aromatic carbocycles. The van der Waals surface area contributed by atoms with Crippen LogP contribution in [0.3, 0.4) is 0 Å². The van der Waals surface area contributed by atoms with Crippen LogP contribution in [-0.2, 0) is 23.6 Å². The molecule has 0 spiro atoms. The molecule has 0 radical (unpaired) electrons. The van der Waals surface area contributed by atoms with E-state index in [1.165, 1.54) is 12.1 Å². The van der Waals surface area contributed by atoms with Crippen LogP contribution in [-0.4, -0.2) is 32.9 Å². The number of halogens is 1. The van der Waals surface area contributed by atoms with Gasteiger partial charge in [-0.05, 0) is 58.7 Å². The zero-order valence-corrected chi connectivity index (χ0v) is 16.1. The first kappa shape index (κ1) is 18.9. The molecule has 0 aliphatic carbocycles. The lowest BCUT2D eigenvalue weighted by atomic mass is 10.2. The maximum Gasteiger partial charge on any atom is 0.209 e. The summed E-state index contributed by atoms with van der Waals surface area (Å²) in [6, 6.07) is 14.3. The van der Waals surface area contributed by atoms with Crippen molar-refractivity contribution >= 4 is 11.8 Å². The summed E-state index contributed by atoms with van der Waals surface area (Å²) in [5.74, 6) is 1.30. The van der Waals surface area contributed by atoms with E-state index in [-0.39, 0.29) is 11.9 Å². The molecule has 0 bridgehead atoms. The Bertz CT molecular complexity index is 880. The lowest BCUT2D eigenvalue weighted by molar-refractivity contribution is 0.0912. The van der Waals surface area contributed by atoms with Crippen molar-refractivity contribution in [2.45, 2.75) is 43.0 Å². The van der Waals surface area contributed by atoms with Crippen molar-refractivity contribution in [3.8, 4) is 5.75 Å². The number of thioether (sulfide) groups is 1. The van der Waals surface area contributed by atoms with Crippen LogP contribution in [0.15, 0.2) is 53.7 Å². The average Bonchev–Trinajstić information content (AvgIpc) is 3.39. The molecule has 4 rings (SSSR count). The van der Waals surface area contributed by atoms with Gasteiger partial charge in [0, 0.05) is 12.4 Å². The third kappa shape index (κ3) is 5.08. The topological polar surface area (TPSA) is 62.1 Å². The number of rotatable bonds is 8. The minimum absolute atomic E-state index is 0.209. The highest BCUT2D eigenvalue weighted by molar-refractivity contribution is 7.98. The third-order valence-electron chi connectivity index (χ3n) is 4.51. The molecule has 1 unspecified atom stereocenters. The highest BCUT2D eigenvalue weighted by atomic mass is 32.2. The predicted octanol–water partition coefficient (Wildman–Crippen LogP) is 3.86. The zero-order chi connectivity index (χ0) is 19.2. The van der Waals surface area contributed by atoms with Gasteiger partial charge in [-0.25, -0.2) is 9.07 Å². The quantitative estimate of drug-likeness (QED) is 0.535. The van der Waals surface area contributed by atoms with Gasteiger partial charge < -0.3 is 9.47 Å². The normalized spacial score (nSPS) is 16.4. The highest BCUT2D eigenvalue weighted by Crippen LogP contribution is 2.23. The lowest BCUT2D eigenvalue weighted by Gasteiger charge is -2.10. The van der Waals surface area contributed by atoms with E-state index in [0.29, 0.717) is 13.2 Å². The van der Waals surface area contributed by atoms with Crippen LogP contribution in [0.4, 0.5) is 4.39 Å². The van der Waals surface area contributed by atoms with Gasteiger partial charge in [-0.3, -0.25) is 0 Å². The fraction of sp³-hybridized carbons (Fsp3) is 0.350. The highest BCUT2D eigenvalue weighted by Gasteiger charge is 2.18. The van der Waals surface area contributed by atoms with Gasteiger partial charge in [0.2, 0.25) is 5.16 Å². The van der Waals surface area contributed by atoms with Gasteiger partial charge in [0.25, 0.3) is 0 Å². The summed E-state index contributed by atoms with van der Waals surface area (Å²) in [7, 11) is 0. The Morgan fingerprint density at radius 1 is 1.11 bits per heavy atom. The Labute approximate surface area is 167 Å². The summed E-state index contributed by atoms with van der Waals surface area (Å²) < 4.78 is 26.2. The predicted molar refractivity (Wildman–Crippen MR) is 104 cm³/mol. The van der Waals surface area contributed by atoms with Gasteiger partial charge in [-0.2, -0.15) is 0 Å². The van der Waals surface area contributed by atoms with Gasteiger partial charge in [0.05, 0.1) is 12.6 Å². The van der Waals surface area contributed by atoms with Crippen molar-refractivity contribution in [3.63, 3.8) is 0 Å². The number of tetrazole rings is 1. The summed E-state index contributed by atoms with van der Waals surface area (Å²) in [6.07, 6.45) is 2.37. The number of ether oxygens (including phenoxy) is 2. The Morgan fingerprint density at radius 2 is 1.89 bits per heavy atom. The molecule has 1 saturated heterocycles. The number of aromatic nitrogens is 4. The van der Waals surface area contributed by atoms with Crippen LogP contribution in [0, 0.1) is 5.82 Å². The SMILES string of the molecule is Fc1ccc(COc2ccc(CSc3nnnn3CC3CCCO3)cc2)cc1. The molecule has 0 amide bonds. The number of nitrogens with zero attached hydrogens (tertiary/aromatic N) is 4. The van der Waals surface area contributed by atoms with Crippen molar-refractivity contribution in [1.29, 1.82) is 0 Å². The Hall–Kier alpha value is -2.45. The second kappa shape index (κ2) is 9.16. The van der Waals surface area contributed by atoms with E-state index in [9.17, 15) is 4.39 Å². The molecule has 1 fully saturated rings. The summed E-state index contributed by atoms with van der Waals surface area (Å²) in [5.41, 5.74) is 2.09. The summed E-state index contributed by atoms with van der Waals surface area (Å²) in [4.78, 5) is 0. The monoisotopic (exact) mass is 400 g/mol. The molecule has 2 heterocycles. The van der Waals surface area contributed by atoms with Crippen molar-refractivity contribution in [3.05, 3.63) is 65.5 Å². The third-order valence-corrected chi connectivity index (χ3v) is 5.54. The van der Waals surface area contributed by atoms with E-state index in [2.05, 4.69) is 15.5 Å². The number of hydrogen-bond acceptors (Lipinski definition) is 6. The first-order valence-electron chi connectivity index (χ1n) is 9.23. The molecule has 28 heavy (non-hydrogen) atoms. The molecular weight excluding hydrogens is 379 g/mol. The smallest absolute Gasteiger partial charge is 0.209 e. The molecule has 1 aliphatic heterocycles. The largest absolute Gasteiger partial charge is 0.489 e. The standard InChI is InChI=1S/C20H21FN4O2S/c21-17-7-3-15(4-8-17)13-27-18-9-5-16(6-10-18)14-28-20-22-23-24-25(20)12-19-2-1-11-26-19/h3-10,19H,1-2,11-14H2. The van der Waals surface area contributed by atoms with Crippen molar-refractivity contribution in [2.24, 2.45) is 0 Å². The van der Waals surface area contributed by atoms with E-state index in [4.69, 9.17) is 9.47 Å². The molecule has 0 N–H and O–H groups in total. The fourth-order valence-corrected chi connectivity index (χ4v) is 3.82. The summed E-state index contributed by atoms with van der Waals surface area (Å²) in [6.45, 7) is 1.93. The molecule has 1 aromatic heterocycles. The van der Waals surface area contributed by atoms with Crippen molar-refractivity contribution in [1.82, 2.24) is 20.2 Å². The van der Waals surface area contributed by atoms with Crippen LogP contribution in [0.5, 0.6) is 5.75 Å². The molecule has 6 nitrogen and oxygen atoms in total. The lowest BCUT2D eigenvalue weighted by Crippen LogP contribution is -2.16. The van der Waals surface area contributed by atoms with Crippen LogP contribution in [0.1, 0.15) is 24.0 Å². The Kier molecular flexibility index (Phi) is 6.18. The molecular formula is C20H21FN4O2S. The van der Waals surface area contributed by atoms with Crippen LogP contribution < -0.4 is 4.74 Å². The molecule has 1 atom stereocenters. The minimum atomic E-state index is -0.243. The zero-order valence-electron chi connectivity index (χ0n) is 15.3. The Balaban J connectivity index is 1.28. The van der Waals surface area contributed by atoms with Gasteiger partial charge in [-0.1, -0.05) is 36.0 Å². The average molecular weight is 400 g/mol. The first-order chi connectivity index (χ1) is 13.8. The molecule has 1 aliphatic rings. The molecule has 8 heteroatoms. The second-order valence-corrected chi connectivity index (χ2v) is 7.57. The Morgan fingerprint density at radius 3 is 2.64 bits per heavy atom. The second-order valence-electron chi connectivity index (χ2n) is 6.63. The van der Waals surface area contributed by atoms with Crippen LogP contribution in [0.25, 0.3) is 0 Å². The van der Waals surface area contributed by atoms with Crippen molar-refractivity contribution in [2.75, 3.05) is 6.61 Å². The van der Waals surface area contributed by atoms with Crippen LogP contribution >= 0.6 is 11.8 Å². The van der Waals surface area contributed by atoms with Gasteiger partial charge in [0.1, 0.15) is 18.2 Å². The maximum atomic E-state index is 12.9. The number of benzene rings is 2.